The van der Waals surface area contributed by atoms with Crippen LogP contribution in [-0.2, 0) is 20.5 Å². The molecule has 2 rings (SSSR count). The minimum atomic E-state index is -1.05. The third kappa shape index (κ3) is 3.09. The maximum atomic E-state index is 11.9. The normalized spacial score (nSPS) is 25.7. The molecule has 0 bridgehead atoms. The van der Waals surface area contributed by atoms with Crippen molar-refractivity contribution in [3.05, 3.63) is 11.8 Å². The van der Waals surface area contributed by atoms with E-state index in [1.807, 2.05) is 20.8 Å². The molecule has 4 nitrogen and oxygen atoms in total. The van der Waals surface area contributed by atoms with Crippen molar-refractivity contribution in [1.29, 1.82) is 0 Å². The van der Waals surface area contributed by atoms with E-state index in [-0.39, 0.29) is 4.75 Å². The first-order valence-electron chi connectivity index (χ1n) is 6.07. The third-order valence-electron chi connectivity index (χ3n) is 3.03. The Morgan fingerprint density at radius 2 is 2.00 bits per heavy atom. The second-order valence-corrected chi connectivity index (χ2v) is 7.49. The SMILES string of the molecule is CC(C)(C)S(=O)NC1=CCC2(CC1)OCCO2. The Morgan fingerprint density at radius 3 is 2.47 bits per heavy atom. The van der Waals surface area contributed by atoms with Gasteiger partial charge in [-0.25, -0.2) is 4.21 Å². The van der Waals surface area contributed by atoms with Gasteiger partial charge in [-0.3, -0.25) is 0 Å². The topological polar surface area (TPSA) is 47.6 Å². The predicted octanol–water partition coefficient (Wildman–Crippen LogP) is 1.85. The molecule has 0 saturated carbocycles. The Labute approximate surface area is 105 Å². The van der Waals surface area contributed by atoms with Crippen LogP contribution >= 0.6 is 0 Å². The summed E-state index contributed by atoms with van der Waals surface area (Å²) in [6.45, 7) is 7.26. The quantitative estimate of drug-likeness (QED) is 0.823. The Kier molecular flexibility index (Phi) is 3.61. The van der Waals surface area contributed by atoms with E-state index in [1.165, 1.54) is 0 Å². The van der Waals surface area contributed by atoms with Gasteiger partial charge >= 0.3 is 0 Å². The van der Waals surface area contributed by atoms with E-state index in [0.29, 0.717) is 13.2 Å². The van der Waals surface area contributed by atoms with Crippen LogP contribution in [0.5, 0.6) is 0 Å². The van der Waals surface area contributed by atoms with Crippen molar-refractivity contribution >= 4 is 11.0 Å². The molecule has 5 heteroatoms. The van der Waals surface area contributed by atoms with Crippen LogP contribution in [0, 0.1) is 0 Å². The number of hydrogen-bond donors (Lipinski definition) is 1. The van der Waals surface area contributed by atoms with Crippen LogP contribution in [-0.4, -0.2) is 28.0 Å². The van der Waals surface area contributed by atoms with Crippen molar-refractivity contribution in [2.24, 2.45) is 0 Å². The van der Waals surface area contributed by atoms with Gasteiger partial charge in [-0.2, -0.15) is 0 Å². The van der Waals surface area contributed by atoms with Crippen molar-refractivity contribution in [3.8, 4) is 0 Å². The summed E-state index contributed by atoms with van der Waals surface area (Å²) in [5.41, 5.74) is 1.04. The zero-order valence-corrected chi connectivity index (χ0v) is 11.6. The van der Waals surface area contributed by atoms with Gasteiger partial charge in [0.1, 0.15) is 11.0 Å². The first-order chi connectivity index (χ1) is 7.91. The molecule has 1 aliphatic carbocycles. The molecule has 17 heavy (non-hydrogen) atoms. The molecule has 0 aromatic carbocycles. The van der Waals surface area contributed by atoms with Crippen LogP contribution in [0.15, 0.2) is 11.8 Å². The van der Waals surface area contributed by atoms with Crippen molar-refractivity contribution in [2.75, 3.05) is 13.2 Å². The molecule has 1 heterocycles. The van der Waals surface area contributed by atoms with E-state index in [1.54, 1.807) is 0 Å². The van der Waals surface area contributed by atoms with Crippen LogP contribution < -0.4 is 4.72 Å². The van der Waals surface area contributed by atoms with Gasteiger partial charge in [0.05, 0.1) is 18.0 Å². The van der Waals surface area contributed by atoms with Crippen molar-refractivity contribution in [2.45, 2.75) is 50.6 Å². The maximum absolute atomic E-state index is 11.9. The van der Waals surface area contributed by atoms with Gasteiger partial charge in [-0.05, 0) is 27.2 Å². The molecular formula is C12H21NO3S. The van der Waals surface area contributed by atoms with Gasteiger partial charge in [0, 0.05) is 18.5 Å². The van der Waals surface area contributed by atoms with Crippen LogP contribution in [0.3, 0.4) is 0 Å². The van der Waals surface area contributed by atoms with Crippen LogP contribution in [0.2, 0.25) is 0 Å². The highest BCUT2D eigenvalue weighted by molar-refractivity contribution is 7.84. The number of hydrogen-bond acceptors (Lipinski definition) is 3. The average molecular weight is 259 g/mol. The molecule has 1 unspecified atom stereocenters. The van der Waals surface area contributed by atoms with E-state index < -0.39 is 16.8 Å². The van der Waals surface area contributed by atoms with Gasteiger partial charge in [0.15, 0.2) is 5.79 Å². The number of rotatable bonds is 2. The fourth-order valence-corrected chi connectivity index (χ4v) is 2.66. The summed E-state index contributed by atoms with van der Waals surface area (Å²) in [7, 11) is -1.05. The van der Waals surface area contributed by atoms with E-state index in [0.717, 1.165) is 25.0 Å². The Hall–Kier alpha value is -0.390. The largest absolute Gasteiger partial charge is 0.347 e. The lowest BCUT2D eigenvalue weighted by atomic mass is 9.98. The lowest BCUT2D eigenvalue weighted by molar-refractivity contribution is -0.161. The molecular weight excluding hydrogens is 238 g/mol. The monoisotopic (exact) mass is 259 g/mol. The average Bonchev–Trinajstić information content (AvgIpc) is 2.69. The molecule has 1 aliphatic heterocycles. The highest BCUT2D eigenvalue weighted by Gasteiger charge is 2.38. The van der Waals surface area contributed by atoms with Crippen LogP contribution in [0.4, 0.5) is 0 Å². The van der Waals surface area contributed by atoms with E-state index in [9.17, 15) is 4.21 Å². The smallest absolute Gasteiger partial charge is 0.172 e. The molecule has 1 N–H and O–H groups in total. The first-order valence-corrected chi connectivity index (χ1v) is 7.22. The lowest BCUT2D eigenvalue weighted by Gasteiger charge is -2.31. The molecule has 1 atom stereocenters. The summed E-state index contributed by atoms with van der Waals surface area (Å²) >= 11 is 0. The Bertz CT molecular complexity index is 340. The van der Waals surface area contributed by atoms with Crippen LogP contribution in [0.1, 0.15) is 40.0 Å². The fraction of sp³-hybridized carbons (Fsp3) is 0.833. The molecule has 1 saturated heterocycles. The molecule has 0 amide bonds. The molecule has 0 aromatic rings. The van der Waals surface area contributed by atoms with Gasteiger partial charge in [-0.15, -0.1) is 0 Å². The molecule has 2 aliphatic rings. The molecule has 1 spiro atoms. The summed E-state index contributed by atoms with van der Waals surface area (Å²) in [6, 6.07) is 0. The maximum Gasteiger partial charge on any atom is 0.172 e. The minimum Gasteiger partial charge on any atom is -0.347 e. The van der Waals surface area contributed by atoms with Crippen molar-refractivity contribution < 1.29 is 13.7 Å². The Balaban J connectivity index is 1.93. The van der Waals surface area contributed by atoms with E-state index in [4.69, 9.17) is 9.47 Å². The van der Waals surface area contributed by atoms with E-state index in [2.05, 4.69) is 10.8 Å². The fourth-order valence-electron chi connectivity index (χ4n) is 1.93. The molecule has 0 radical (unpaired) electrons. The number of ether oxygens (including phenoxy) is 2. The second-order valence-electron chi connectivity index (χ2n) is 5.52. The number of nitrogens with one attached hydrogen (secondary N) is 1. The van der Waals surface area contributed by atoms with Crippen molar-refractivity contribution in [1.82, 2.24) is 4.72 Å². The van der Waals surface area contributed by atoms with Gasteiger partial charge in [0.2, 0.25) is 0 Å². The highest BCUT2D eigenvalue weighted by atomic mass is 32.2. The highest BCUT2D eigenvalue weighted by Crippen LogP contribution is 2.34. The summed E-state index contributed by atoms with van der Waals surface area (Å²) in [5.74, 6) is -0.394. The molecule has 1 fully saturated rings. The molecule has 0 aromatic heterocycles. The van der Waals surface area contributed by atoms with Crippen LogP contribution in [0.25, 0.3) is 0 Å². The lowest BCUT2D eigenvalue weighted by Crippen LogP contribution is -2.37. The zero-order chi connectivity index (χ0) is 12.5. The Morgan fingerprint density at radius 1 is 1.35 bits per heavy atom. The zero-order valence-electron chi connectivity index (χ0n) is 10.7. The predicted molar refractivity (Wildman–Crippen MR) is 67.6 cm³/mol. The minimum absolute atomic E-state index is 0.240. The van der Waals surface area contributed by atoms with Gasteiger partial charge in [-0.1, -0.05) is 6.08 Å². The summed E-state index contributed by atoms with van der Waals surface area (Å²) in [5, 5.41) is 0. The van der Waals surface area contributed by atoms with E-state index >= 15 is 0 Å². The summed E-state index contributed by atoms with van der Waals surface area (Å²) in [4.78, 5) is 0. The second kappa shape index (κ2) is 4.71. The standard InChI is InChI=1S/C12H21NO3S/c1-11(2,3)17(14)13-10-4-6-12(7-5-10)15-8-9-16-12/h4,13H,5-9H2,1-3H3. The summed E-state index contributed by atoms with van der Waals surface area (Å²) in [6.07, 6.45) is 4.48. The van der Waals surface area contributed by atoms with Gasteiger partial charge in [0.25, 0.3) is 0 Å². The van der Waals surface area contributed by atoms with Crippen molar-refractivity contribution in [3.63, 3.8) is 0 Å². The summed E-state index contributed by atoms with van der Waals surface area (Å²) < 4.78 is 26.1. The first kappa shape index (κ1) is 13.1. The molecule has 98 valence electrons. The third-order valence-corrected chi connectivity index (χ3v) is 4.59. The van der Waals surface area contributed by atoms with Gasteiger partial charge < -0.3 is 14.2 Å². The number of allylic oxidation sites excluding steroid dienone is 1.